The molecule has 0 radical (unpaired) electrons. The number of aromatic nitrogens is 1. The maximum absolute atomic E-state index is 11.8. The molecule has 1 saturated carbocycles. The quantitative estimate of drug-likeness (QED) is 0.874. The van der Waals surface area contributed by atoms with E-state index in [4.69, 9.17) is 5.73 Å². The van der Waals surface area contributed by atoms with Crippen molar-refractivity contribution in [3.63, 3.8) is 0 Å². The van der Waals surface area contributed by atoms with E-state index < -0.39 is 5.54 Å². The zero-order chi connectivity index (χ0) is 13.2. The van der Waals surface area contributed by atoms with Gasteiger partial charge in [-0.1, -0.05) is 19.9 Å². The van der Waals surface area contributed by atoms with E-state index in [2.05, 4.69) is 30.2 Å². The highest BCUT2D eigenvalue weighted by Gasteiger charge is 2.45. The SMILES string of the molecule is CC(C)C(CNC(=O)C1(N)CC1)c1cccnc1.Cl.Cl. The fraction of sp³-hybridized carbons (Fsp3) is 0.571. The molecule has 0 spiro atoms. The lowest BCUT2D eigenvalue weighted by Gasteiger charge is -2.22. The molecular formula is C14H23Cl2N3O. The van der Waals surface area contributed by atoms with Crippen molar-refractivity contribution in [3.05, 3.63) is 30.1 Å². The van der Waals surface area contributed by atoms with Gasteiger partial charge in [-0.05, 0) is 30.4 Å². The molecule has 0 bridgehead atoms. The second-order valence-electron chi connectivity index (χ2n) is 5.50. The van der Waals surface area contributed by atoms with Gasteiger partial charge < -0.3 is 11.1 Å². The first kappa shape index (κ1) is 19.2. The Balaban J connectivity index is 0.00000180. The predicted octanol–water partition coefficient (Wildman–Crippen LogP) is 2.27. The summed E-state index contributed by atoms with van der Waals surface area (Å²) in [6.45, 7) is 4.93. The molecule has 3 N–H and O–H groups in total. The van der Waals surface area contributed by atoms with E-state index >= 15 is 0 Å². The minimum absolute atomic E-state index is 0. The van der Waals surface area contributed by atoms with Gasteiger partial charge >= 0.3 is 0 Å². The summed E-state index contributed by atoms with van der Waals surface area (Å²) in [5, 5.41) is 2.97. The van der Waals surface area contributed by atoms with Crippen molar-refractivity contribution in [1.82, 2.24) is 10.3 Å². The summed E-state index contributed by atoms with van der Waals surface area (Å²) in [6.07, 6.45) is 5.24. The lowest BCUT2D eigenvalue weighted by Crippen LogP contribution is -2.44. The van der Waals surface area contributed by atoms with Gasteiger partial charge in [0.1, 0.15) is 0 Å². The van der Waals surface area contributed by atoms with Crippen LogP contribution < -0.4 is 11.1 Å². The average Bonchev–Trinajstić information content (AvgIpc) is 3.10. The summed E-state index contributed by atoms with van der Waals surface area (Å²) in [4.78, 5) is 16.0. The molecular weight excluding hydrogens is 297 g/mol. The van der Waals surface area contributed by atoms with E-state index in [9.17, 15) is 4.79 Å². The zero-order valence-electron chi connectivity index (χ0n) is 11.8. The molecule has 0 aromatic carbocycles. The van der Waals surface area contributed by atoms with Crippen LogP contribution >= 0.6 is 24.8 Å². The monoisotopic (exact) mass is 319 g/mol. The lowest BCUT2D eigenvalue weighted by molar-refractivity contribution is -0.123. The summed E-state index contributed by atoms with van der Waals surface area (Å²) in [5.41, 5.74) is 6.44. The van der Waals surface area contributed by atoms with Crippen LogP contribution in [0.15, 0.2) is 24.5 Å². The number of rotatable bonds is 5. The van der Waals surface area contributed by atoms with Gasteiger partial charge in [-0.25, -0.2) is 0 Å². The van der Waals surface area contributed by atoms with Crippen LogP contribution in [0.1, 0.15) is 38.2 Å². The van der Waals surface area contributed by atoms with E-state index in [0.29, 0.717) is 12.5 Å². The fourth-order valence-electron chi connectivity index (χ4n) is 2.07. The summed E-state index contributed by atoms with van der Waals surface area (Å²) in [6, 6.07) is 3.98. The molecule has 20 heavy (non-hydrogen) atoms. The van der Waals surface area contributed by atoms with Crippen LogP contribution in [0.4, 0.5) is 0 Å². The fourth-order valence-corrected chi connectivity index (χ4v) is 2.07. The van der Waals surface area contributed by atoms with Gasteiger partial charge in [-0.3, -0.25) is 9.78 Å². The molecule has 1 unspecified atom stereocenters. The molecule has 0 aliphatic heterocycles. The van der Waals surface area contributed by atoms with Crippen molar-refractivity contribution in [3.8, 4) is 0 Å². The second kappa shape index (κ2) is 7.81. The normalized spacial score (nSPS) is 16.6. The third-order valence-corrected chi connectivity index (χ3v) is 3.64. The van der Waals surface area contributed by atoms with E-state index in [1.54, 1.807) is 6.20 Å². The van der Waals surface area contributed by atoms with Crippen LogP contribution in [-0.4, -0.2) is 23.0 Å². The van der Waals surface area contributed by atoms with E-state index in [1.165, 1.54) is 0 Å². The molecule has 4 nitrogen and oxygen atoms in total. The molecule has 1 atom stereocenters. The second-order valence-corrected chi connectivity index (χ2v) is 5.50. The highest BCUT2D eigenvalue weighted by molar-refractivity contribution is 5.89. The topological polar surface area (TPSA) is 68.0 Å². The van der Waals surface area contributed by atoms with Crippen LogP contribution in [0.2, 0.25) is 0 Å². The summed E-state index contributed by atoms with van der Waals surface area (Å²) >= 11 is 0. The highest BCUT2D eigenvalue weighted by Crippen LogP contribution is 2.32. The Morgan fingerprint density at radius 1 is 1.45 bits per heavy atom. The number of pyridine rings is 1. The lowest BCUT2D eigenvalue weighted by atomic mass is 9.89. The van der Waals surface area contributed by atoms with E-state index in [1.807, 2.05) is 12.3 Å². The van der Waals surface area contributed by atoms with Crippen molar-refractivity contribution >= 4 is 30.7 Å². The number of halogens is 2. The Morgan fingerprint density at radius 2 is 2.10 bits per heavy atom. The number of carbonyl (C=O) groups excluding carboxylic acids is 1. The van der Waals surface area contributed by atoms with Gasteiger partial charge in [0.15, 0.2) is 0 Å². The van der Waals surface area contributed by atoms with E-state index in [0.717, 1.165) is 18.4 Å². The first-order valence-corrected chi connectivity index (χ1v) is 6.50. The smallest absolute Gasteiger partial charge is 0.240 e. The molecule has 1 fully saturated rings. The van der Waals surface area contributed by atoms with Crippen LogP contribution in [0.5, 0.6) is 0 Å². The molecule has 1 aromatic heterocycles. The first-order valence-electron chi connectivity index (χ1n) is 6.50. The van der Waals surface area contributed by atoms with Gasteiger partial charge in [0.25, 0.3) is 0 Å². The van der Waals surface area contributed by atoms with Gasteiger partial charge in [0, 0.05) is 24.9 Å². The molecule has 114 valence electrons. The van der Waals surface area contributed by atoms with Crippen molar-refractivity contribution in [1.29, 1.82) is 0 Å². The summed E-state index contributed by atoms with van der Waals surface area (Å²) in [7, 11) is 0. The Kier molecular flexibility index (Phi) is 7.49. The van der Waals surface area contributed by atoms with E-state index in [-0.39, 0.29) is 36.6 Å². The molecule has 1 aliphatic rings. The molecule has 6 heteroatoms. The Morgan fingerprint density at radius 3 is 2.55 bits per heavy atom. The number of nitrogens with one attached hydrogen (secondary N) is 1. The maximum Gasteiger partial charge on any atom is 0.240 e. The van der Waals surface area contributed by atoms with Gasteiger partial charge in [-0.15, -0.1) is 24.8 Å². The van der Waals surface area contributed by atoms with Crippen molar-refractivity contribution in [2.75, 3.05) is 6.54 Å². The molecule has 1 heterocycles. The minimum Gasteiger partial charge on any atom is -0.354 e. The van der Waals surface area contributed by atoms with Gasteiger partial charge in [0.2, 0.25) is 5.91 Å². The number of nitrogens with zero attached hydrogens (tertiary/aromatic N) is 1. The number of hydrogen-bond donors (Lipinski definition) is 2. The minimum atomic E-state index is -0.587. The van der Waals surface area contributed by atoms with Gasteiger partial charge in [-0.2, -0.15) is 0 Å². The summed E-state index contributed by atoms with van der Waals surface area (Å²) in [5.74, 6) is 0.712. The van der Waals surface area contributed by atoms with Crippen molar-refractivity contribution < 1.29 is 4.79 Å². The largest absolute Gasteiger partial charge is 0.354 e. The molecule has 1 aromatic rings. The Hall–Kier alpha value is -0.840. The molecule has 1 amide bonds. The Labute approximate surface area is 132 Å². The van der Waals surface area contributed by atoms with Crippen LogP contribution in [-0.2, 0) is 4.79 Å². The number of amides is 1. The maximum atomic E-state index is 11.8. The number of hydrogen-bond acceptors (Lipinski definition) is 3. The average molecular weight is 320 g/mol. The van der Waals surface area contributed by atoms with Crippen LogP contribution in [0.25, 0.3) is 0 Å². The van der Waals surface area contributed by atoms with Crippen molar-refractivity contribution in [2.45, 2.75) is 38.1 Å². The predicted molar refractivity (Wildman–Crippen MR) is 85.5 cm³/mol. The van der Waals surface area contributed by atoms with Crippen LogP contribution in [0.3, 0.4) is 0 Å². The van der Waals surface area contributed by atoms with Crippen LogP contribution in [0, 0.1) is 5.92 Å². The molecule has 0 saturated heterocycles. The summed E-state index contributed by atoms with van der Waals surface area (Å²) < 4.78 is 0. The zero-order valence-corrected chi connectivity index (χ0v) is 13.5. The first-order chi connectivity index (χ1) is 8.53. The molecule has 2 rings (SSSR count). The standard InChI is InChI=1S/C14H21N3O.2ClH/c1-10(2)12(11-4-3-7-16-8-11)9-17-13(18)14(15)5-6-14;;/h3-4,7-8,10,12H,5-6,9,15H2,1-2H3,(H,17,18);2*1H. The van der Waals surface area contributed by atoms with Crippen molar-refractivity contribution in [2.24, 2.45) is 11.7 Å². The molecule has 1 aliphatic carbocycles. The number of nitrogens with two attached hydrogens (primary N) is 1. The highest BCUT2D eigenvalue weighted by atomic mass is 35.5. The number of carbonyl (C=O) groups is 1. The van der Waals surface area contributed by atoms with Gasteiger partial charge in [0.05, 0.1) is 5.54 Å². The third-order valence-electron chi connectivity index (χ3n) is 3.64. The third kappa shape index (κ3) is 4.62. The Bertz CT molecular complexity index is 422.